The summed E-state index contributed by atoms with van der Waals surface area (Å²) in [5.41, 5.74) is 2.07. The number of anilines is 1. The van der Waals surface area contributed by atoms with Gasteiger partial charge in [-0.2, -0.15) is 0 Å². The van der Waals surface area contributed by atoms with Crippen LogP contribution in [0.25, 0.3) is 10.9 Å². The molecule has 0 saturated carbocycles. The molecule has 3 nitrogen and oxygen atoms in total. The third kappa shape index (κ3) is 2.33. The molecule has 0 unspecified atom stereocenters. The van der Waals surface area contributed by atoms with Gasteiger partial charge in [0.1, 0.15) is 5.82 Å². The number of nitrogens with one attached hydrogen (secondary N) is 1. The number of hydrogen-bond donors (Lipinski definition) is 1. The molecule has 0 amide bonds. The summed E-state index contributed by atoms with van der Waals surface area (Å²) < 4.78 is 0. The molecule has 0 aliphatic carbocycles. The number of aryl methyl sites for hydroxylation is 1. The second-order valence-electron chi connectivity index (χ2n) is 4.10. The van der Waals surface area contributed by atoms with Crippen molar-refractivity contribution < 1.29 is 0 Å². The van der Waals surface area contributed by atoms with Gasteiger partial charge in [0.25, 0.3) is 0 Å². The van der Waals surface area contributed by atoms with E-state index in [1.165, 1.54) is 0 Å². The highest BCUT2D eigenvalue weighted by Crippen LogP contribution is 2.15. The monoisotopic (exact) mass is 255 g/mol. The first kappa shape index (κ1) is 11.2. The molecule has 0 saturated heterocycles. The van der Waals surface area contributed by atoms with Crippen LogP contribution in [0.15, 0.2) is 41.8 Å². The number of nitrogens with zero attached hydrogens (tertiary/aromatic N) is 2. The van der Waals surface area contributed by atoms with Gasteiger partial charge in [-0.15, -0.1) is 11.3 Å². The number of aromatic nitrogens is 2. The van der Waals surface area contributed by atoms with E-state index in [1.807, 2.05) is 31.2 Å². The van der Waals surface area contributed by atoms with Crippen molar-refractivity contribution >= 4 is 28.1 Å². The third-order valence-electron chi connectivity index (χ3n) is 2.72. The highest BCUT2D eigenvalue weighted by molar-refractivity contribution is 7.09. The molecule has 90 valence electrons. The van der Waals surface area contributed by atoms with Crippen LogP contribution in [0.1, 0.15) is 10.7 Å². The summed E-state index contributed by atoms with van der Waals surface area (Å²) in [6, 6.07) is 12.2. The van der Waals surface area contributed by atoms with Gasteiger partial charge in [-0.05, 0) is 25.1 Å². The van der Waals surface area contributed by atoms with E-state index in [9.17, 15) is 0 Å². The first-order valence-electron chi connectivity index (χ1n) is 5.82. The Labute approximate surface area is 110 Å². The second kappa shape index (κ2) is 4.74. The predicted molar refractivity (Wildman–Crippen MR) is 75.9 cm³/mol. The Morgan fingerprint density at radius 3 is 2.83 bits per heavy atom. The Morgan fingerprint density at radius 1 is 1.11 bits per heavy atom. The van der Waals surface area contributed by atoms with E-state index in [-0.39, 0.29) is 0 Å². The first-order chi connectivity index (χ1) is 8.81. The maximum Gasteiger partial charge on any atom is 0.126 e. The number of rotatable bonds is 3. The summed E-state index contributed by atoms with van der Waals surface area (Å²) in [4.78, 5) is 8.98. The van der Waals surface area contributed by atoms with Crippen LogP contribution < -0.4 is 5.32 Å². The molecular weight excluding hydrogens is 242 g/mol. The maximum absolute atomic E-state index is 4.56. The number of fused-ring (bicyclic) bond motifs is 1. The summed E-state index contributed by atoms with van der Waals surface area (Å²) in [5.74, 6) is 0.888. The van der Waals surface area contributed by atoms with Crippen molar-refractivity contribution in [2.75, 3.05) is 5.32 Å². The van der Waals surface area contributed by atoms with Gasteiger partial charge in [-0.1, -0.05) is 18.2 Å². The van der Waals surface area contributed by atoms with Crippen molar-refractivity contribution in [3.8, 4) is 0 Å². The molecule has 18 heavy (non-hydrogen) atoms. The lowest BCUT2D eigenvalue weighted by atomic mass is 10.2. The van der Waals surface area contributed by atoms with Gasteiger partial charge in [0.15, 0.2) is 0 Å². The van der Waals surface area contributed by atoms with Crippen molar-refractivity contribution in [1.82, 2.24) is 9.97 Å². The van der Waals surface area contributed by atoms with Crippen molar-refractivity contribution in [1.29, 1.82) is 0 Å². The zero-order valence-corrected chi connectivity index (χ0v) is 10.9. The number of pyridine rings is 1. The summed E-state index contributed by atoms with van der Waals surface area (Å²) >= 11 is 1.67. The maximum atomic E-state index is 4.56. The average molecular weight is 255 g/mol. The van der Waals surface area contributed by atoms with E-state index in [0.29, 0.717) is 0 Å². The smallest absolute Gasteiger partial charge is 0.126 e. The molecule has 4 heteroatoms. The topological polar surface area (TPSA) is 37.8 Å². The van der Waals surface area contributed by atoms with Crippen LogP contribution in [0.4, 0.5) is 5.82 Å². The minimum Gasteiger partial charge on any atom is -0.364 e. The second-order valence-corrected chi connectivity index (χ2v) is 5.16. The van der Waals surface area contributed by atoms with Crippen LogP contribution in [0.2, 0.25) is 0 Å². The number of hydrogen-bond acceptors (Lipinski definition) is 4. The van der Waals surface area contributed by atoms with Gasteiger partial charge in [0.2, 0.25) is 0 Å². The number of thiazole rings is 1. The minimum atomic E-state index is 0.718. The van der Waals surface area contributed by atoms with E-state index in [1.54, 1.807) is 11.3 Å². The first-order valence-corrected chi connectivity index (χ1v) is 6.70. The van der Waals surface area contributed by atoms with Gasteiger partial charge in [0, 0.05) is 10.8 Å². The Balaban J connectivity index is 1.78. The normalized spacial score (nSPS) is 10.7. The van der Waals surface area contributed by atoms with Crippen molar-refractivity contribution in [3.05, 3.63) is 52.5 Å². The fourth-order valence-electron chi connectivity index (χ4n) is 1.84. The molecule has 0 aliphatic rings. The van der Waals surface area contributed by atoms with Gasteiger partial charge in [0.05, 0.1) is 22.8 Å². The van der Waals surface area contributed by atoms with E-state index in [0.717, 1.165) is 34.0 Å². The Morgan fingerprint density at radius 2 is 2.00 bits per heavy atom. The van der Waals surface area contributed by atoms with E-state index >= 15 is 0 Å². The molecule has 3 rings (SSSR count). The van der Waals surface area contributed by atoms with Crippen LogP contribution in [0.3, 0.4) is 0 Å². The fraction of sp³-hybridized carbons (Fsp3) is 0.143. The van der Waals surface area contributed by atoms with Gasteiger partial charge >= 0.3 is 0 Å². The molecule has 0 fully saturated rings. The van der Waals surface area contributed by atoms with Crippen LogP contribution in [-0.2, 0) is 6.54 Å². The highest BCUT2D eigenvalue weighted by atomic mass is 32.1. The zero-order valence-electron chi connectivity index (χ0n) is 10.1. The Hall–Kier alpha value is -1.94. The summed E-state index contributed by atoms with van der Waals surface area (Å²) in [6.07, 6.45) is 0. The summed E-state index contributed by atoms with van der Waals surface area (Å²) in [7, 11) is 0. The van der Waals surface area contributed by atoms with E-state index < -0.39 is 0 Å². The molecule has 2 heterocycles. The molecule has 1 N–H and O–H groups in total. The molecule has 0 bridgehead atoms. The molecule has 0 spiro atoms. The van der Waals surface area contributed by atoms with Crippen LogP contribution in [0.5, 0.6) is 0 Å². The zero-order chi connectivity index (χ0) is 12.4. The summed E-state index contributed by atoms with van der Waals surface area (Å²) in [6.45, 7) is 2.73. The number of benzene rings is 1. The quantitative estimate of drug-likeness (QED) is 0.777. The molecule has 0 radical (unpaired) electrons. The van der Waals surface area contributed by atoms with Crippen LogP contribution >= 0.6 is 11.3 Å². The van der Waals surface area contributed by atoms with Crippen molar-refractivity contribution in [2.45, 2.75) is 13.5 Å². The van der Waals surface area contributed by atoms with Crippen molar-refractivity contribution in [2.24, 2.45) is 0 Å². The third-order valence-corrected chi connectivity index (χ3v) is 3.54. The Kier molecular flexibility index (Phi) is 2.94. The van der Waals surface area contributed by atoms with E-state index in [4.69, 9.17) is 0 Å². The molecule has 1 aromatic carbocycles. The minimum absolute atomic E-state index is 0.718. The predicted octanol–water partition coefficient (Wildman–Crippen LogP) is 3.61. The average Bonchev–Trinajstić information content (AvgIpc) is 2.82. The SMILES string of the molecule is Cc1nc(CNc2ccc3ccccc3n2)cs1. The molecular formula is C14H13N3S. The lowest BCUT2D eigenvalue weighted by molar-refractivity contribution is 1.04. The van der Waals surface area contributed by atoms with Gasteiger partial charge in [-0.25, -0.2) is 9.97 Å². The largest absolute Gasteiger partial charge is 0.364 e. The van der Waals surface area contributed by atoms with Crippen LogP contribution in [0, 0.1) is 6.92 Å². The number of para-hydroxylation sites is 1. The van der Waals surface area contributed by atoms with E-state index in [2.05, 4.69) is 32.8 Å². The molecule has 2 aromatic heterocycles. The Bertz CT molecular complexity index is 675. The van der Waals surface area contributed by atoms with Crippen LogP contribution in [-0.4, -0.2) is 9.97 Å². The lowest BCUT2D eigenvalue weighted by Gasteiger charge is -2.04. The summed E-state index contributed by atoms with van der Waals surface area (Å²) in [5, 5.41) is 7.63. The molecule has 0 aliphatic heterocycles. The molecule has 0 atom stereocenters. The van der Waals surface area contributed by atoms with Crippen molar-refractivity contribution in [3.63, 3.8) is 0 Å². The standard InChI is InChI=1S/C14H13N3S/c1-10-16-12(9-18-10)8-15-14-7-6-11-4-2-3-5-13(11)17-14/h2-7,9H,8H2,1H3,(H,15,17). The fourth-order valence-corrected chi connectivity index (χ4v) is 2.45. The lowest BCUT2D eigenvalue weighted by Crippen LogP contribution is -2.01. The van der Waals surface area contributed by atoms with Gasteiger partial charge < -0.3 is 5.32 Å². The molecule has 3 aromatic rings. The highest BCUT2D eigenvalue weighted by Gasteiger charge is 2.00. The van der Waals surface area contributed by atoms with Gasteiger partial charge in [-0.3, -0.25) is 0 Å².